The van der Waals surface area contributed by atoms with Crippen molar-refractivity contribution in [2.45, 2.75) is 69.2 Å². The molecule has 1 aliphatic carbocycles. The van der Waals surface area contributed by atoms with Gasteiger partial charge in [-0.15, -0.1) is 0 Å². The minimum atomic E-state index is -1.25. The molecule has 3 fully saturated rings. The molecule has 8 nitrogen and oxygen atoms in total. The van der Waals surface area contributed by atoms with Crippen molar-refractivity contribution in [2.75, 3.05) is 5.32 Å². The van der Waals surface area contributed by atoms with Gasteiger partial charge in [0.05, 0.1) is 34.0 Å². The molecule has 1 aromatic heterocycles. The van der Waals surface area contributed by atoms with E-state index in [4.69, 9.17) is 32.5 Å². The molecule has 11 heteroatoms. The summed E-state index contributed by atoms with van der Waals surface area (Å²) >= 11 is 13.0. The minimum Gasteiger partial charge on any atom is -0.478 e. The normalized spacial score (nSPS) is 20.8. The Hall–Kier alpha value is -3.92. The summed E-state index contributed by atoms with van der Waals surface area (Å²) in [5.41, 5.74) is 2.19. The van der Waals surface area contributed by atoms with Gasteiger partial charge in [0.25, 0.3) is 0 Å². The number of anilines is 1. The first kappa shape index (κ1) is 29.8. The molecule has 2 amide bonds. The fourth-order valence-corrected chi connectivity index (χ4v) is 7.34. The number of hydrogen-bond acceptors (Lipinski definition) is 5. The van der Waals surface area contributed by atoms with Gasteiger partial charge in [-0.25, -0.2) is 14.0 Å². The second kappa shape index (κ2) is 12.1. The van der Waals surface area contributed by atoms with Crippen molar-refractivity contribution in [3.63, 3.8) is 0 Å². The Labute approximate surface area is 269 Å². The topological polar surface area (TPSA) is 105 Å². The van der Waals surface area contributed by atoms with E-state index in [1.165, 1.54) is 12.1 Å². The predicted molar refractivity (Wildman–Crippen MR) is 168 cm³/mol. The lowest BCUT2D eigenvalue weighted by molar-refractivity contribution is -0.0158. The number of nitrogens with zero attached hydrogens (tertiary/aromatic N) is 2. The average Bonchev–Trinajstić information content (AvgIpc) is 3.73. The van der Waals surface area contributed by atoms with E-state index in [0.717, 1.165) is 37.0 Å². The number of carboxylic acid groups (broad SMARTS) is 1. The van der Waals surface area contributed by atoms with Crippen LogP contribution in [0.4, 0.5) is 14.9 Å². The molecule has 232 valence electrons. The molecule has 2 aliphatic heterocycles. The molecular weight excluding hydrogens is 620 g/mol. The molecule has 3 aliphatic rings. The third kappa shape index (κ3) is 5.69. The maximum absolute atomic E-state index is 15.8. The van der Waals surface area contributed by atoms with Crippen LogP contribution in [-0.2, 0) is 11.3 Å². The van der Waals surface area contributed by atoms with E-state index in [2.05, 4.69) is 10.5 Å². The smallest absolute Gasteiger partial charge is 0.336 e. The SMILES string of the molecule is O=C(O)c1ccc(NC(=O)N2C3CCC2CC(OCc2c(-c4c(Cl)cccc4Cl)noc2C2CC2)C3)c(F)c1-c1ccccc1. The van der Waals surface area contributed by atoms with Crippen LogP contribution in [0.5, 0.6) is 0 Å². The van der Waals surface area contributed by atoms with E-state index in [9.17, 15) is 14.7 Å². The first-order valence-corrected chi connectivity index (χ1v) is 15.8. The maximum Gasteiger partial charge on any atom is 0.336 e. The Morgan fingerprint density at radius 2 is 1.64 bits per heavy atom. The molecule has 4 aromatic rings. The van der Waals surface area contributed by atoms with Gasteiger partial charge in [-0.05, 0) is 68.4 Å². The van der Waals surface area contributed by atoms with Crippen LogP contribution < -0.4 is 5.32 Å². The fourth-order valence-electron chi connectivity index (χ4n) is 6.76. The number of carboxylic acids is 1. The number of carbonyl (C=O) groups is 2. The molecule has 7 rings (SSSR count). The number of piperidine rings is 1. The Bertz CT molecular complexity index is 1740. The summed E-state index contributed by atoms with van der Waals surface area (Å²) in [5, 5.41) is 17.7. The molecule has 2 bridgehead atoms. The van der Waals surface area contributed by atoms with Crippen molar-refractivity contribution < 1.29 is 28.3 Å². The number of amides is 2. The number of halogens is 3. The molecule has 3 heterocycles. The number of hydrogen-bond donors (Lipinski definition) is 2. The van der Waals surface area contributed by atoms with Crippen molar-refractivity contribution in [1.82, 2.24) is 10.1 Å². The zero-order valence-electron chi connectivity index (χ0n) is 24.1. The third-order valence-electron chi connectivity index (χ3n) is 9.03. The number of benzene rings is 3. The Morgan fingerprint density at radius 3 is 2.29 bits per heavy atom. The summed E-state index contributed by atoms with van der Waals surface area (Å²) in [5.74, 6) is -0.912. The molecule has 3 aromatic carbocycles. The Balaban J connectivity index is 1.06. The standard InChI is InChI=1S/C34H30Cl2FN3O5/c35-25-7-4-8-26(36)29(25)31-24(32(45-39-31)19-9-10-19)17-44-22-15-20-11-12-21(16-22)40(20)34(43)38-27-14-13-23(33(41)42)28(30(27)37)18-5-2-1-3-6-18/h1-8,13-14,19-22H,9-12,15-17H2,(H,38,43)(H,41,42). The molecule has 45 heavy (non-hydrogen) atoms. The lowest BCUT2D eigenvalue weighted by atomic mass is 9.98. The van der Waals surface area contributed by atoms with E-state index in [1.54, 1.807) is 53.4 Å². The van der Waals surface area contributed by atoms with Gasteiger partial charge in [0.2, 0.25) is 0 Å². The first-order chi connectivity index (χ1) is 21.8. The number of rotatable bonds is 8. The first-order valence-electron chi connectivity index (χ1n) is 15.0. The lowest BCUT2D eigenvalue weighted by Gasteiger charge is -2.38. The van der Waals surface area contributed by atoms with E-state index in [-0.39, 0.29) is 41.6 Å². The van der Waals surface area contributed by atoms with Gasteiger partial charge in [-0.3, -0.25) is 0 Å². The molecule has 2 unspecified atom stereocenters. The van der Waals surface area contributed by atoms with Gasteiger partial charge < -0.3 is 24.6 Å². The zero-order chi connectivity index (χ0) is 31.2. The number of fused-ring (bicyclic) bond motifs is 2. The largest absolute Gasteiger partial charge is 0.478 e. The average molecular weight is 651 g/mol. The minimum absolute atomic E-state index is 0.0623. The summed E-state index contributed by atoms with van der Waals surface area (Å²) in [6.45, 7) is 0.284. The fraction of sp³-hybridized carbons (Fsp3) is 0.324. The third-order valence-corrected chi connectivity index (χ3v) is 9.66. The molecule has 2 atom stereocenters. The number of urea groups is 1. The molecule has 0 radical (unpaired) electrons. The summed E-state index contributed by atoms with van der Waals surface area (Å²) in [6, 6.07) is 15.8. The van der Waals surface area contributed by atoms with Crippen LogP contribution in [0.25, 0.3) is 22.4 Å². The Kier molecular flexibility index (Phi) is 8.02. The molecule has 2 N–H and O–H groups in total. The van der Waals surface area contributed by atoms with E-state index < -0.39 is 17.8 Å². The van der Waals surface area contributed by atoms with Crippen molar-refractivity contribution >= 4 is 40.9 Å². The molecule has 0 spiro atoms. The van der Waals surface area contributed by atoms with E-state index >= 15 is 4.39 Å². The Morgan fingerprint density at radius 1 is 0.956 bits per heavy atom. The summed E-state index contributed by atoms with van der Waals surface area (Å²) in [4.78, 5) is 27.2. The van der Waals surface area contributed by atoms with Crippen molar-refractivity contribution in [2.24, 2.45) is 0 Å². The van der Waals surface area contributed by atoms with Crippen molar-refractivity contribution in [3.8, 4) is 22.4 Å². The summed E-state index contributed by atoms with van der Waals surface area (Å²) in [7, 11) is 0. The molecule has 2 saturated heterocycles. The highest BCUT2D eigenvalue weighted by atomic mass is 35.5. The lowest BCUT2D eigenvalue weighted by Crippen LogP contribution is -2.50. The highest BCUT2D eigenvalue weighted by Crippen LogP contribution is 2.47. The van der Waals surface area contributed by atoms with Gasteiger partial charge in [0.15, 0.2) is 5.82 Å². The summed E-state index contributed by atoms with van der Waals surface area (Å²) in [6.07, 6.45) is 4.85. The van der Waals surface area contributed by atoms with E-state index in [0.29, 0.717) is 45.6 Å². The van der Waals surface area contributed by atoms with Crippen LogP contribution >= 0.6 is 23.2 Å². The van der Waals surface area contributed by atoms with Crippen LogP contribution in [0, 0.1) is 5.82 Å². The van der Waals surface area contributed by atoms with Gasteiger partial charge in [-0.2, -0.15) is 0 Å². The highest BCUT2D eigenvalue weighted by Gasteiger charge is 2.44. The number of nitrogens with one attached hydrogen (secondary N) is 1. The zero-order valence-corrected chi connectivity index (χ0v) is 25.7. The second-order valence-corrected chi connectivity index (χ2v) is 12.7. The molecular formula is C34H30Cl2FN3O5. The predicted octanol–water partition coefficient (Wildman–Crippen LogP) is 8.77. The van der Waals surface area contributed by atoms with Crippen LogP contribution in [0.15, 0.2) is 65.2 Å². The van der Waals surface area contributed by atoms with Gasteiger partial charge in [-0.1, -0.05) is 64.8 Å². The van der Waals surface area contributed by atoms with E-state index in [1.807, 2.05) is 0 Å². The number of carbonyl (C=O) groups excluding carboxylic acids is 1. The van der Waals surface area contributed by atoms with Crippen LogP contribution in [0.1, 0.15) is 66.1 Å². The van der Waals surface area contributed by atoms with Gasteiger partial charge in [0, 0.05) is 34.7 Å². The number of ether oxygens (including phenoxy) is 1. The van der Waals surface area contributed by atoms with Crippen LogP contribution in [0.2, 0.25) is 10.0 Å². The number of aromatic carboxylic acids is 1. The molecule has 1 saturated carbocycles. The van der Waals surface area contributed by atoms with Crippen LogP contribution in [-0.4, -0.2) is 45.4 Å². The number of aromatic nitrogens is 1. The quantitative estimate of drug-likeness (QED) is 0.198. The van der Waals surface area contributed by atoms with Crippen molar-refractivity contribution in [1.29, 1.82) is 0 Å². The van der Waals surface area contributed by atoms with Gasteiger partial charge >= 0.3 is 12.0 Å². The second-order valence-electron chi connectivity index (χ2n) is 11.9. The van der Waals surface area contributed by atoms with Crippen molar-refractivity contribution in [3.05, 3.63) is 93.4 Å². The monoisotopic (exact) mass is 649 g/mol. The summed E-state index contributed by atoms with van der Waals surface area (Å²) < 4.78 is 28.0. The maximum atomic E-state index is 15.8. The van der Waals surface area contributed by atoms with Crippen LogP contribution in [0.3, 0.4) is 0 Å². The highest BCUT2D eigenvalue weighted by molar-refractivity contribution is 6.39. The van der Waals surface area contributed by atoms with Gasteiger partial charge in [0.1, 0.15) is 11.5 Å².